The molecule has 0 atom stereocenters. The number of ether oxygens (including phenoxy) is 4. The molecular weight excluding hydrogens is 370 g/mol. The third-order valence-electron chi connectivity index (χ3n) is 3.31. The second kappa shape index (κ2) is 8.83. The molecule has 0 fully saturated rings. The van der Waals surface area contributed by atoms with Crippen LogP contribution in [0, 0.1) is 0 Å². The summed E-state index contributed by atoms with van der Waals surface area (Å²) in [5, 5.41) is 0.722. The summed E-state index contributed by atoms with van der Waals surface area (Å²) in [5.41, 5.74) is 0. The van der Waals surface area contributed by atoms with Crippen molar-refractivity contribution >= 4 is 30.9 Å². The smallest absolute Gasteiger partial charge is 0.527 e. The van der Waals surface area contributed by atoms with Crippen LogP contribution in [0.2, 0.25) is 10.0 Å². The summed E-state index contributed by atoms with van der Waals surface area (Å²) in [6.07, 6.45) is 0. The standard InChI is InChI=1S/C16H17BCl2O6/c1-20-13-5-9(18)11(7-15(13)22-3)24-17-25-12-8-16(23-4)14(21-2)6-10(12)19/h5-8,17H,1-4H3. The third-order valence-corrected chi connectivity index (χ3v) is 3.90. The molecule has 0 aliphatic heterocycles. The van der Waals surface area contributed by atoms with Crippen molar-refractivity contribution in [1.29, 1.82) is 0 Å². The molecule has 0 saturated heterocycles. The first kappa shape index (κ1) is 19.2. The van der Waals surface area contributed by atoms with Crippen LogP contribution in [-0.4, -0.2) is 36.1 Å². The van der Waals surface area contributed by atoms with Crippen LogP contribution in [0.4, 0.5) is 0 Å². The molecule has 2 aromatic carbocycles. The minimum absolute atomic E-state index is 0.121. The van der Waals surface area contributed by atoms with E-state index in [2.05, 4.69) is 0 Å². The molecule has 0 N–H and O–H groups in total. The average Bonchev–Trinajstić information content (AvgIpc) is 2.63. The highest BCUT2D eigenvalue weighted by Crippen LogP contribution is 2.39. The van der Waals surface area contributed by atoms with Crippen LogP contribution in [0.25, 0.3) is 0 Å². The van der Waals surface area contributed by atoms with Crippen molar-refractivity contribution < 1.29 is 28.3 Å². The van der Waals surface area contributed by atoms with Crippen LogP contribution in [0.3, 0.4) is 0 Å². The van der Waals surface area contributed by atoms with E-state index < -0.39 is 0 Å². The lowest BCUT2D eigenvalue weighted by Crippen LogP contribution is -2.12. The van der Waals surface area contributed by atoms with Gasteiger partial charge in [-0.15, -0.1) is 0 Å². The lowest BCUT2D eigenvalue weighted by Gasteiger charge is -2.14. The van der Waals surface area contributed by atoms with E-state index in [-0.39, 0.29) is 7.69 Å². The minimum Gasteiger partial charge on any atom is -0.527 e. The van der Waals surface area contributed by atoms with Gasteiger partial charge in [-0.3, -0.25) is 0 Å². The predicted molar refractivity (Wildman–Crippen MR) is 97.5 cm³/mol. The zero-order valence-corrected chi connectivity index (χ0v) is 15.7. The molecule has 0 heterocycles. The first-order valence-corrected chi connectivity index (χ1v) is 7.88. The highest BCUT2D eigenvalue weighted by atomic mass is 35.5. The van der Waals surface area contributed by atoms with Gasteiger partial charge in [0.2, 0.25) is 0 Å². The Hall–Kier alpha value is -2.12. The molecule has 134 valence electrons. The lowest BCUT2D eigenvalue weighted by molar-refractivity contribution is 0.351. The fourth-order valence-corrected chi connectivity index (χ4v) is 2.47. The Labute approximate surface area is 156 Å². The Morgan fingerprint density at radius 1 is 0.560 bits per heavy atom. The summed E-state index contributed by atoms with van der Waals surface area (Å²) >= 11 is 12.3. The van der Waals surface area contributed by atoms with Gasteiger partial charge in [-0.2, -0.15) is 0 Å². The zero-order chi connectivity index (χ0) is 18.4. The van der Waals surface area contributed by atoms with Crippen molar-refractivity contribution in [3.05, 3.63) is 34.3 Å². The normalized spacial score (nSPS) is 10.0. The summed E-state index contributed by atoms with van der Waals surface area (Å²) in [5.74, 6) is 2.76. The fourth-order valence-electron chi connectivity index (χ4n) is 2.05. The van der Waals surface area contributed by atoms with Gasteiger partial charge in [-0.05, 0) is 0 Å². The summed E-state index contributed by atoms with van der Waals surface area (Å²) in [6.45, 7) is 0. The van der Waals surface area contributed by atoms with Crippen LogP contribution in [0.1, 0.15) is 0 Å². The number of methoxy groups -OCH3 is 4. The minimum atomic E-state index is -0.121. The quantitative estimate of drug-likeness (QED) is 0.644. The fraction of sp³-hybridized carbons (Fsp3) is 0.250. The number of hydrogen-bond acceptors (Lipinski definition) is 6. The van der Waals surface area contributed by atoms with E-state index in [0.717, 1.165) is 0 Å². The Balaban J connectivity index is 2.11. The molecule has 25 heavy (non-hydrogen) atoms. The molecule has 2 aromatic rings. The Morgan fingerprint density at radius 2 is 0.880 bits per heavy atom. The maximum absolute atomic E-state index is 6.16. The maximum Gasteiger partial charge on any atom is 0.576 e. The van der Waals surface area contributed by atoms with Gasteiger partial charge in [-0.1, -0.05) is 23.2 Å². The first-order valence-electron chi connectivity index (χ1n) is 7.12. The Kier molecular flexibility index (Phi) is 6.78. The van der Waals surface area contributed by atoms with E-state index in [1.54, 1.807) is 24.3 Å². The summed E-state index contributed by atoms with van der Waals surface area (Å²) in [6, 6.07) is 6.42. The van der Waals surface area contributed by atoms with Crippen molar-refractivity contribution in [3.8, 4) is 34.5 Å². The zero-order valence-electron chi connectivity index (χ0n) is 14.2. The van der Waals surface area contributed by atoms with Gasteiger partial charge in [0.05, 0.1) is 38.5 Å². The van der Waals surface area contributed by atoms with Crippen LogP contribution in [0.15, 0.2) is 24.3 Å². The van der Waals surface area contributed by atoms with Gasteiger partial charge in [0.25, 0.3) is 0 Å². The number of benzene rings is 2. The average molecular weight is 387 g/mol. The van der Waals surface area contributed by atoms with E-state index in [9.17, 15) is 0 Å². The number of rotatable bonds is 8. The summed E-state index contributed by atoms with van der Waals surface area (Å²) < 4.78 is 31.9. The van der Waals surface area contributed by atoms with E-state index in [0.29, 0.717) is 44.5 Å². The highest BCUT2D eigenvalue weighted by molar-refractivity contribution is 6.34. The largest absolute Gasteiger partial charge is 0.576 e. The van der Waals surface area contributed by atoms with Gasteiger partial charge in [0.15, 0.2) is 23.0 Å². The van der Waals surface area contributed by atoms with Gasteiger partial charge >= 0.3 is 7.69 Å². The highest BCUT2D eigenvalue weighted by Gasteiger charge is 2.14. The molecule has 0 bridgehead atoms. The molecule has 0 aromatic heterocycles. The monoisotopic (exact) mass is 386 g/mol. The molecule has 0 aliphatic rings. The molecule has 9 heteroatoms. The Morgan fingerprint density at radius 3 is 1.20 bits per heavy atom. The van der Waals surface area contributed by atoms with E-state index in [1.807, 2.05) is 0 Å². The molecule has 0 amide bonds. The summed E-state index contributed by atoms with van der Waals surface area (Å²) in [4.78, 5) is 0. The molecule has 0 saturated carbocycles. The van der Waals surface area contributed by atoms with Crippen molar-refractivity contribution in [2.24, 2.45) is 0 Å². The molecule has 0 aliphatic carbocycles. The van der Waals surface area contributed by atoms with Gasteiger partial charge in [0, 0.05) is 24.3 Å². The van der Waals surface area contributed by atoms with Crippen LogP contribution >= 0.6 is 23.2 Å². The van der Waals surface area contributed by atoms with Gasteiger partial charge in [-0.25, -0.2) is 0 Å². The molecule has 0 radical (unpaired) electrons. The van der Waals surface area contributed by atoms with Crippen LogP contribution in [0.5, 0.6) is 34.5 Å². The third kappa shape index (κ3) is 4.49. The molecular formula is C16H17BCl2O6. The molecule has 2 rings (SSSR count). The lowest BCUT2D eigenvalue weighted by atomic mass is 10.2. The van der Waals surface area contributed by atoms with Crippen molar-refractivity contribution in [2.45, 2.75) is 0 Å². The van der Waals surface area contributed by atoms with E-state index in [1.165, 1.54) is 28.4 Å². The first-order chi connectivity index (χ1) is 12.0. The molecule has 6 nitrogen and oxygen atoms in total. The maximum atomic E-state index is 6.16. The second-order valence-electron chi connectivity index (χ2n) is 4.68. The SMILES string of the molecule is COc1cc(Cl)c(OBOc2cc(OC)c(OC)cc2Cl)cc1OC. The van der Waals surface area contributed by atoms with Crippen molar-refractivity contribution in [2.75, 3.05) is 28.4 Å². The number of hydrogen-bond donors (Lipinski definition) is 0. The van der Waals surface area contributed by atoms with E-state index >= 15 is 0 Å². The van der Waals surface area contributed by atoms with Gasteiger partial charge in [0.1, 0.15) is 11.5 Å². The van der Waals surface area contributed by atoms with Gasteiger partial charge < -0.3 is 28.3 Å². The Bertz CT molecular complexity index is 680. The molecule has 0 unspecified atom stereocenters. The van der Waals surface area contributed by atoms with Crippen molar-refractivity contribution in [1.82, 2.24) is 0 Å². The predicted octanol–water partition coefficient (Wildman–Crippen LogP) is 3.75. The van der Waals surface area contributed by atoms with E-state index in [4.69, 9.17) is 51.5 Å². The van der Waals surface area contributed by atoms with Crippen LogP contribution < -0.4 is 28.3 Å². The topological polar surface area (TPSA) is 55.4 Å². The van der Waals surface area contributed by atoms with Crippen molar-refractivity contribution in [3.63, 3.8) is 0 Å². The summed E-state index contributed by atoms with van der Waals surface area (Å²) in [7, 11) is 5.98. The molecule has 0 spiro atoms. The number of halogens is 2. The van der Waals surface area contributed by atoms with Crippen LogP contribution in [-0.2, 0) is 0 Å². The second-order valence-corrected chi connectivity index (χ2v) is 5.50.